The fourth-order valence-corrected chi connectivity index (χ4v) is 3.54. The van der Waals surface area contributed by atoms with Crippen LogP contribution >= 0.6 is 16.3 Å². The predicted molar refractivity (Wildman–Crippen MR) is 104 cm³/mol. The number of hydrogen-bond acceptors (Lipinski definition) is 2. The van der Waals surface area contributed by atoms with Crippen LogP contribution in [0.15, 0.2) is 48.5 Å². The molecule has 0 spiro atoms. The van der Waals surface area contributed by atoms with Crippen LogP contribution in [0.5, 0.6) is 11.5 Å². The van der Waals surface area contributed by atoms with Crippen molar-refractivity contribution in [1.29, 1.82) is 0 Å². The maximum Gasteiger partial charge on any atom is 0.123 e. The molecule has 124 valence electrons. The largest absolute Gasteiger partial charge is 0.475 e. The average Bonchev–Trinajstić information content (AvgIpc) is 2.47. The first-order valence-electron chi connectivity index (χ1n) is 7.70. The van der Waals surface area contributed by atoms with Crippen molar-refractivity contribution in [2.45, 2.75) is 19.3 Å². The van der Waals surface area contributed by atoms with Gasteiger partial charge in [-0.15, -0.1) is 0 Å². The lowest BCUT2D eigenvalue weighted by Gasteiger charge is -2.26. The molecule has 0 heterocycles. The van der Waals surface area contributed by atoms with Gasteiger partial charge in [0, 0.05) is 5.41 Å². The van der Waals surface area contributed by atoms with E-state index in [0.29, 0.717) is 0 Å². The zero-order valence-corrected chi connectivity index (χ0v) is 16.6. The minimum Gasteiger partial charge on any atom is -0.475 e. The Balaban J connectivity index is 2.19. The summed E-state index contributed by atoms with van der Waals surface area (Å²) in [6, 6.07) is 16.9. The summed E-state index contributed by atoms with van der Waals surface area (Å²) in [4.78, 5) is 0. The smallest absolute Gasteiger partial charge is 0.123 e. The molecule has 0 N–H and O–H groups in total. The maximum absolute atomic E-state index is 5.79. The van der Waals surface area contributed by atoms with Gasteiger partial charge in [0.15, 0.2) is 0 Å². The number of hydrogen-bond donors (Lipinski definition) is 0. The molecule has 0 saturated carbocycles. The second kappa shape index (κ2) is 7.65. The van der Waals surface area contributed by atoms with Gasteiger partial charge in [-0.3, -0.25) is 0 Å². The van der Waals surface area contributed by atoms with E-state index in [1.54, 1.807) is 0 Å². The lowest BCUT2D eigenvalue weighted by molar-refractivity contribution is 0.609. The molecule has 0 radical (unpaired) electrons. The highest BCUT2D eigenvalue weighted by Crippen LogP contribution is 2.36. The SMILES string of the molecule is CP(C)Oc1ccc(C(C)(C)c2ccc(OP(C)C)cc2)cc1. The second-order valence-corrected chi connectivity index (χ2v) is 10.1. The Kier molecular flexibility index (Phi) is 6.06. The molecule has 23 heavy (non-hydrogen) atoms. The zero-order valence-electron chi connectivity index (χ0n) is 14.8. The Morgan fingerprint density at radius 1 is 0.609 bits per heavy atom. The van der Waals surface area contributed by atoms with Gasteiger partial charge < -0.3 is 9.05 Å². The van der Waals surface area contributed by atoms with Crippen LogP contribution in [0, 0.1) is 0 Å². The lowest BCUT2D eigenvalue weighted by atomic mass is 9.78. The third-order valence-electron chi connectivity index (χ3n) is 3.73. The molecular formula is C19H26O2P2. The van der Waals surface area contributed by atoms with E-state index in [-0.39, 0.29) is 21.7 Å². The normalized spacial score (nSPS) is 11.8. The van der Waals surface area contributed by atoms with Crippen molar-refractivity contribution in [1.82, 2.24) is 0 Å². The van der Waals surface area contributed by atoms with E-state index in [9.17, 15) is 0 Å². The van der Waals surface area contributed by atoms with Crippen molar-refractivity contribution in [3.8, 4) is 11.5 Å². The van der Waals surface area contributed by atoms with Gasteiger partial charge in [-0.05, 0) is 62.1 Å². The Hall–Kier alpha value is -1.10. The monoisotopic (exact) mass is 348 g/mol. The van der Waals surface area contributed by atoms with Gasteiger partial charge in [0.05, 0.1) is 16.3 Å². The highest BCUT2D eigenvalue weighted by atomic mass is 31.1. The van der Waals surface area contributed by atoms with Gasteiger partial charge in [-0.1, -0.05) is 38.1 Å². The third-order valence-corrected chi connectivity index (χ3v) is 4.88. The molecule has 0 aromatic heterocycles. The van der Waals surface area contributed by atoms with E-state index < -0.39 is 0 Å². The van der Waals surface area contributed by atoms with Crippen molar-refractivity contribution in [3.05, 3.63) is 59.7 Å². The van der Waals surface area contributed by atoms with Crippen molar-refractivity contribution in [3.63, 3.8) is 0 Å². The Morgan fingerprint density at radius 3 is 1.17 bits per heavy atom. The van der Waals surface area contributed by atoms with Gasteiger partial charge in [0.25, 0.3) is 0 Å². The minimum absolute atomic E-state index is 0.0522. The van der Waals surface area contributed by atoms with E-state index in [0.717, 1.165) is 11.5 Å². The lowest BCUT2D eigenvalue weighted by Crippen LogP contribution is -2.18. The first-order valence-corrected chi connectivity index (χ1v) is 12.0. The molecule has 2 nitrogen and oxygen atoms in total. The molecule has 0 bridgehead atoms. The second-order valence-electron chi connectivity index (χ2n) is 6.48. The molecule has 0 atom stereocenters. The van der Waals surface area contributed by atoms with Crippen LogP contribution in [0.25, 0.3) is 0 Å². The molecular weight excluding hydrogens is 322 g/mol. The standard InChI is InChI=1S/C19H26O2P2/c1-19(2,15-7-11-17(12-8-15)20-22(3)4)16-9-13-18(14-10-16)21-23(5)6/h7-14H,1-6H3. The van der Waals surface area contributed by atoms with Crippen LogP contribution in [0.4, 0.5) is 0 Å². The molecule has 2 aromatic carbocycles. The predicted octanol–water partition coefficient (Wildman–Crippen LogP) is 6.08. The Morgan fingerprint density at radius 2 is 0.913 bits per heavy atom. The number of benzene rings is 2. The topological polar surface area (TPSA) is 18.5 Å². The van der Waals surface area contributed by atoms with Crippen LogP contribution in [0.3, 0.4) is 0 Å². The fraction of sp³-hybridized carbons (Fsp3) is 0.368. The first kappa shape index (κ1) is 18.2. The first-order chi connectivity index (χ1) is 10.8. The molecule has 0 aliphatic rings. The molecule has 2 aromatic rings. The van der Waals surface area contributed by atoms with Crippen molar-refractivity contribution < 1.29 is 9.05 Å². The molecule has 4 heteroatoms. The van der Waals surface area contributed by atoms with Gasteiger partial charge in [-0.2, -0.15) is 0 Å². The van der Waals surface area contributed by atoms with Crippen LogP contribution in [0.1, 0.15) is 25.0 Å². The summed E-state index contributed by atoms with van der Waals surface area (Å²) in [6.45, 7) is 12.9. The summed E-state index contributed by atoms with van der Waals surface area (Å²) in [6.07, 6.45) is 0. The summed E-state index contributed by atoms with van der Waals surface area (Å²) < 4.78 is 11.6. The summed E-state index contributed by atoms with van der Waals surface area (Å²) in [7, 11) is -0.764. The van der Waals surface area contributed by atoms with Gasteiger partial charge >= 0.3 is 0 Å². The summed E-state index contributed by atoms with van der Waals surface area (Å²) in [5.74, 6) is 1.90. The minimum atomic E-state index is -0.382. The highest BCUT2D eigenvalue weighted by Gasteiger charge is 2.23. The van der Waals surface area contributed by atoms with E-state index in [1.165, 1.54) is 11.1 Å². The van der Waals surface area contributed by atoms with Crippen LogP contribution < -0.4 is 9.05 Å². The van der Waals surface area contributed by atoms with Gasteiger partial charge in [0.1, 0.15) is 11.5 Å². The summed E-state index contributed by atoms with van der Waals surface area (Å²) >= 11 is 0. The molecule has 0 amide bonds. The van der Waals surface area contributed by atoms with E-state index in [1.807, 2.05) is 0 Å². The maximum atomic E-state index is 5.79. The van der Waals surface area contributed by atoms with Crippen LogP contribution in [-0.4, -0.2) is 26.7 Å². The number of rotatable bonds is 6. The zero-order chi connectivity index (χ0) is 17.0. The van der Waals surface area contributed by atoms with Crippen molar-refractivity contribution in [2.75, 3.05) is 26.7 Å². The van der Waals surface area contributed by atoms with Gasteiger partial charge in [0.2, 0.25) is 0 Å². The van der Waals surface area contributed by atoms with Crippen LogP contribution in [0.2, 0.25) is 0 Å². The van der Waals surface area contributed by atoms with Crippen molar-refractivity contribution >= 4 is 16.3 Å². The Labute approximate surface area is 142 Å². The Bertz CT molecular complexity index is 561. The average molecular weight is 348 g/mol. The molecule has 2 rings (SSSR count). The molecule has 0 fully saturated rings. The van der Waals surface area contributed by atoms with Crippen LogP contribution in [-0.2, 0) is 5.41 Å². The molecule has 0 aliphatic carbocycles. The molecule has 0 unspecified atom stereocenters. The summed E-state index contributed by atoms with van der Waals surface area (Å²) in [5.41, 5.74) is 2.51. The quantitative estimate of drug-likeness (QED) is 0.589. The molecule has 0 aliphatic heterocycles. The van der Waals surface area contributed by atoms with E-state index >= 15 is 0 Å². The fourth-order valence-electron chi connectivity index (χ4n) is 2.45. The van der Waals surface area contributed by atoms with Gasteiger partial charge in [-0.25, -0.2) is 0 Å². The highest BCUT2D eigenvalue weighted by molar-refractivity contribution is 7.51. The van der Waals surface area contributed by atoms with E-state index in [4.69, 9.17) is 9.05 Å². The third kappa shape index (κ3) is 4.93. The van der Waals surface area contributed by atoms with E-state index in [2.05, 4.69) is 89.0 Å². The summed E-state index contributed by atoms with van der Waals surface area (Å²) in [5, 5.41) is 0. The molecule has 0 saturated heterocycles. The van der Waals surface area contributed by atoms with Crippen molar-refractivity contribution in [2.24, 2.45) is 0 Å².